The van der Waals surface area contributed by atoms with Crippen molar-refractivity contribution in [1.29, 1.82) is 0 Å². The molecule has 1 N–H and O–H groups in total. The standard InChI is InChI=1S/C22H30O5/c1-12-14-6-7-15-20(3)8-5-9-21(4,19(25)26)16(20)10-17(27-13(2)23)22(15,11-14)18(12)24/h14-17H,1,5-11H2,2-4H3,(H,25,26). The molecule has 5 nitrogen and oxygen atoms in total. The maximum Gasteiger partial charge on any atom is 0.309 e. The number of rotatable bonds is 2. The van der Waals surface area contributed by atoms with Gasteiger partial charge in [0.2, 0.25) is 0 Å². The Morgan fingerprint density at radius 2 is 1.89 bits per heavy atom. The number of allylic oxidation sites excluding steroid dienone is 1. The van der Waals surface area contributed by atoms with Crippen molar-refractivity contribution in [2.24, 2.45) is 34.0 Å². The molecule has 4 rings (SSSR count). The first-order valence-electron chi connectivity index (χ1n) is 10.2. The Balaban J connectivity index is 1.87. The number of carbonyl (C=O) groups is 3. The van der Waals surface area contributed by atoms with Crippen molar-refractivity contribution in [1.82, 2.24) is 0 Å². The van der Waals surface area contributed by atoms with Crippen molar-refractivity contribution < 1.29 is 24.2 Å². The van der Waals surface area contributed by atoms with Gasteiger partial charge in [0.25, 0.3) is 0 Å². The van der Waals surface area contributed by atoms with Gasteiger partial charge in [-0.25, -0.2) is 0 Å². The van der Waals surface area contributed by atoms with E-state index in [4.69, 9.17) is 4.74 Å². The van der Waals surface area contributed by atoms with Crippen LogP contribution in [0.1, 0.15) is 65.7 Å². The lowest BCUT2D eigenvalue weighted by molar-refractivity contribution is -0.215. The lowest BCUT2D eigenvalue weighted by Crippen LogP contribution is -2.65. The van der Waals surface area contributed by atoms with E-state index in [1.165, 1.54) is 6.92 Å². The molecule has 0 radical (unpaired) electrons. The average Bonchev–Trinajstić information content (AvgIpc) is 2.78. The molecule has 0 heterocycles. The van der Waals surface area contributed by atoms with Crippen molar-refractivity contribution in [3.63, 3.8) is 0 Å². The monoisotopic (exact) mass is 374 g/mol. The summed E-state index contributed by atoms with van der Waals surface area (Å²) in [6.45, 7) is 9.50. The van der Waals surface area contributed by atoms with Gasteiger partial charge >= 0.3 is 11.9 Å². The predicted molar refractivity (Wildman–Crippen MR) is 98.8 cm³/mol. The first-order valence-corrected chi connectivity index (χ1v) is 10.2. The SMILES string of the molecule is C=C1C(=O)C23CC1CCC2C1(C)CCCC(C)(C(=O)O)C1CC3OC(C)=O. The Morgan fingerprint density at radius 3 is 2.52 bits per heavy atom. The molecule has 4 fully saturated rings. The minimum absolute atomic E-state index is 0.0510. The number of carboxylic acid groups (broad SMARTS) is 1. The molecule has 0 aliphatic heterocycles. The van der Waals surface area contributed by atoms with Crippen LogP contribution in [0.4, 0.5) is 0 Å². The second-order valence-electron chi connectivity index (χ2n) is 9.89. The van der Waals surface area contributed by atoms with Crippen LogP contribution in [0.25, 0.3) is 0 Å². The summed E-state index contributed by atoms with van der Waals surface area (Å²) in [7, 11) is 0. The van der Waals surface area contributed by atoms with Gasteiger partial charge in [0, 0.05) is 6.92 Å². The fourth-order valence-corrected chi connectivity index (χ4v) is 7.62. The summed E-state index contributed by atoms with van der Waals surface area (Å²) in [6.07, 6.45) is 4.87. The van der Waals surface area contributed by atoms with Crippen molar-refractivity contribution in [2.75, 3.05) is 0 Å². The number of carboxylic acids is 1. The summed E-state index contributed by atoms with van der Waals surface area (Å²) in [4.78, 5) is 37.6. The third-order valence-corrected chi connectivity index (χ3v) is 8.81. The highest BCUT2D eigenvalue weighted by atomic mass is 16.5. The number of esters is 1. The second kappa shape index (κ2) is 5.68. The molecule has 4 aliphatic carbocycles. The van der Waals surface area contributed by atoms with Crippen LogP contribution in [0, 0.1) is 34.0 Å². The number of aliphatic carboxylic acids is 1. The number of carbonyl (C=O) groups excluding carboxylic acids is 2. The zero-order chi connectivity index (χ0) is 19.8. The van der Waals surface area contributed by atoms with Crippen LogP contribution >= 0.6 is 0 Å². The first-order chi connectivity index (χ1) is 12.6. The number of hydrogen-bond donors (Lipinski definition) is 1. The summed E-state index contributed by atoms with van der Waals surface area (Å²) < 4.78 is 5.77. The van der Waals surface area contributed by atoms with Crippen molar-refractivity contribution in [3.05, 3.63) is 12.2 Å². The van der Waals surface area contributed by atoms with E-state index in [-0.39, 0.29) is 29.0 Å². The molecule has 7 atom stereocenters. The van der Waals surface area contributed by atoms with Gasteiger partial charge in [-0.15, -0.1) is 0 Å². The highest BCUT2D eigenvalue weighted by Crippen LogP contribution is 2.71. The fraction of sp³-hybridized carbons (Fsp3) is 0.773. The van der Waals surface area contributed by atoms with Crippen LogP contribution in [0.5, 0.6) is 0 Å². The number of ketones is 1. The molecule has 4 saturated carbocycles. The quantitative estimate of drug-likeness (QED) is 0.588. The Labute approximate surface area is 160 Å². The smallest absolute Gasteiger partial charge is 0.309 e. The van der Waals surface area contributed by atoms with Crippen molar-refractivity contribution in [3.8, 4) is 0 Å². The molecule has 148 valence electrons. The summed E-state index contributed by atoms with van der Waals surface area (Å²) in [5.41, 5.74) is -1.09. The van der Waals surface area contributed by atoms with Crippen LogP contribution < -0.4 is 0 Å². The fourth-order valence-electron chi connectivity index (χ4n) is 7.62. The number of Topliss-reactive ketones (excluding diaryl/α,β-unsaturated/α-hetero) is 1. The minimum atomic E-state index is -0.845. The molecular formula is C22H30O5. The molecular weight excluding hydrogens is 344 g/mol. The van der Waals surface area contributed by atoms with Gasteiger partial charge in [0.1, 0.15) is 6.10 Å². The van der Waals surface area contributed by atoms with Crippen LogP contribution in [0.2, 0.25) is 0 Å². The summed E-state index contributed by atoms with van der Waals surface area (Å²) in [5, 5.41) is 10.0. The third kappa shape index (κ3) is 2.20. The Hall–Kier alpha value is -1.65. The van der Waals surface area contributed by atoms with E-state index in [2.05, 4.69) is 13.5 Å². The Kier molecular flexibility index (Phi) is 3.93. The summed E-state index contributed by atoms with van der Waals surface area (Å²) >= 11 is 0. The lowest BCUT2D eigenvalue weighted by atomic mass is 9.40. The summed E-state index contributed by atoms with van der Waals surface area (Å²) in [6, 6.07) is 0. The first kappa shape index (κ1) is 18.7. The molecule has 5 heteroatoms. The number of hydrogen-bond acceptors (Lipinski definition) is 4. The molecule has 0 saturated heterocycles. The molecule has 1 spiro atoms. The number of ether oxygens (including phenoxy) is 1. The van der Waals surface area contributed by atoms with Gasteiger partial charge in [-0.3, -0.25) is 14.4 Å². The molecule has 0 aromatic rings. The van der Waals surface area contributed by atoms with Crippen molar-refractivity contribution in [2.45, 2.75) is 71.8 Å². The van der Waals surface area contributed by atoms with E-state index >= 15 is 0 Å². The van der Waals surface area contributed by atoms with E-state index in [1.54, 1.807) is 0 Å². The van der Waals surface area contributed by atoms with Crippen LogP contribution in [-0.2, 0) is 19.1 Å². The topological polar surface area (TPSA) is 80.7 Å². The number of fused-ring (bicyclic) bond motifs is 3. The Bertz CT molecular complexity index is 741. The van der Waals surface area contributed by atoms with Gasteiger partial charge in [-0.05, 0) is 74.2 Å². The maximum atomic E-state index is 13.4. The molecule has 27 heavy (non-hydrogen) atoms. The molecule has 7 unspecified atom stereocenters. The maximum absolute atomic E-state index is 13.4. The van der Waals surface area contributed by atoms with Crippen LogP contribution in [0.15, 0.2) is 12.2 Å². The normalized spacial score (nSPS) is 48.6. The average molecular weight is 374 g/mol. The van der Waals surface area contributed by atoms with Crippen molar-refractivity contribution >= 4 is 17.7 Å². The summed E-state index contributed by atoms with van der Waals surface area (Å²) in [5.74, 6) is -0.960. The predicted octanol–water partition coefficient (Wildman–Crippen LogP) is 3.76. The van der Waals surface area contributed by atoms with Crippen LogP contribution in [-0.4, -0.2) is 28.9 Å². The Morgan fingerprint density at radius 1 is 1.19 bits per heavy atom. The third-order valence-electron chi connectivity index (χ3n) is 8.81. The van der Waals surface area contributed by atoms with E-state index in [0.717, 1.165) is 25.7 Å². The lowest BCUT2D eigenvalue weighted by Gasteiger charge is -2.64. The molecule has 4 aliphatic rings. The highest BCUT2D eigenvalue weighted by molar-refractivity contribution is 6.03. The van der Waals surface area contributed by atoms with Gasteiger partial charge in [0.15, 0.2) is 5.78 Å². The van der Waals surface area contributed by atoms with E-state index in [1.807, 2.05) is 6.92 Å². The zero-order valence-corrected chi connectivity index (χ0v) is 16.5. The van der Waals surface area contributed by atoms with Gasteiger partial charge in [-0.2, -0.15) is 0 Å². The van der Waals surface area contributed by atoms with E-state index in [9.17, 15) is 19.5 Å². The van der Waals surface area contributed by atoms with Gasteiger partial charge in [-0.1, -0.05) is 19.9 Å². The van der Waals surface area contributed by atoms with E-state index < -0.39 is 28.9 Å². The van der Waals surface area contributed by atoms with Gasteiger partial charge in [0.05, 0.1) is 10.8 Å². The second-order valence-corrected chi connectivity index (χ2v) is 9.89. The minimum Gasteiger partial charge on any atom is -0.481 e. The molecule has 0 amide bonds. The molecule has 0 aromatic heterocycles. The zero-order valence-electron chi connectivity index (χ0n) is 16.5. The highest BCUT2D eigenvalue weighted by Gasteiger charge is 2.72. The molecule has 0 aromatic carbocycles. The van der Waals surface area contributed by atoms with Crippen LogP contribution in [0.3, 0.4) is 0 Å². The largest absolute Gasteiger partial charge is 0.481 e. The molecule has 2 bridgehead atoms. The van der Waals surface area contributed by atoms with Gasteiger partial charge < -0.3 is 9.84 Å². The van der Waals surface area contributed by atoms with E-state index in [0.29, 0.717) is 24.8 Å².